The topological polar surface area (TPSA) is 101 Å². The van der Waals surface area contributed by atoms with Crippen molar-refractivity contribution >= 4 is 15.9 Å². The van der Waals surface area contributed by atoms with E-state index in [1.807, 2.05) is 13.8 Å². The maximum Gasteiger partial charge on any atom is 0.227 e. The third-order valence-electron chi connectivity index (χ3n) is 3.33. The molecule has 0 saturated heterocycles. The molecule has 0 rings (SSSR count). The minimum atomic E-state index is -3.16. The quantitative estimate of drug-likeness (QED) is 0.486. The molecule has 0 bridgehead atoms. The zero-order valence-corrected chi connectivity index (χ0v) is 13.7. The van der Waals surface area contributed by atoms with Crippen molar-refractivity contribution in [2.45, 2.75) is 46.0 Å². The maximum absolute atomic E-state index is 12.3. The van der Waals surface area contributed by atoms with Crippen LogP contribution in [0.5, 0.6) is 0 Å². The lowest BCUT2D eigenvalue weighted by atomic mass is 9.78. The van der Waals surface area contributed by atoms with Crippen LogP contribution in [0.1, 0.15) is 46.0 Å². The molecule has 0 unspecified atom stereocenters. The number of carbonyl (C=O) groups is 1. The molecule has 0 aliphatic rings. The fourth-order valence-electron chi connectivity index (χ4n) is 2.34. The van der Waals surface area contributed by atoms with E-state index in [1.165, 1.54) is 0 Å². The fraction of sp³-hybridized carbons (Fsp3) is 0.923. The molecular weight excluding hydrogens is 278 g/mol. The van der Waals surface area contributed by atoms with E-state index < -0.39 is 15.4 Å². The number of nitrogens with one attached hydrogen (secondary N) is 2. The van der Waals surface area contributed by atoms with Crippen molar-refractivity contribution in [2.75, 3.05) is 25.9 Å². The summed E-state index contributed by atoms with van der Waals surface area (Å²) in [7, 11) is -3.16. The number of hydrogen-bond acceptors (Lipinski definition) is 4. The second-order valence-electron chi connectivity index (χ2n) is 5.26. The lowest BCUT2D eigenvalue weighted by molar-refractivity contribution is -0.131. The minimum Gasteiger partial charge on any atom is -0.356 e. The lowest BCUT2D eigenvalue weighted by Gasteiger charge is -2.30. The van der Waals surface area contributed by atoms with Crippen LogP contribution < -0.4 is 15.8 Å². The molecule has 7 heteroatoms. The number of sulfonamides is 1. The maximum atomic E-state index is 12.3. The third kappa shape index (κ3) is 7.21. The van der Waals surface area contributed by atoms with Gasteiger partial charge in [0.25, 0.3) is 0 Å². The normalized spacial score (nSPS) is 12.4. The van der Waals surface area contributed by atoms with E-state index in [4.69, 9.17) is 5.73 Å². The predicted octanol–water partition coefficient (Wildman–Crippen LogP) is 0.587. The van der Waals surface area contributed by atoms with Crippen molar-refractivity contribution in [1.82, 2.24) is 10.0 Å². The van der Waals surface area contributed by atoms with E-state index in [-0.39, 0.29) is 5.91 Å². The second-order valence-corrected chi connectivity index (χ2v) is 7.09. The van der Waals surface area contributed by atoms with Crippen LogP contribution >= 0.6 is 0 Å². The van der Waals surface area contributed by atoms with Crippen LogP contribution in [0.2, 0.25) is 0 Å². The molecule has 0 aromatic heterocycles. The van der Waals surface area contributed by atoms with Crippen LogP contribution in [-0.4, -0.2) is 40.2 Å². The van der Waals surface area contributed by atoms with Crippen molar-refractivity contribution in [3.05, 3.63) is 0 Å². The van der Waals surface area contributed by atoms with Crippen LogP contribution in [-0.2, 0) is 14.8 Å². The predicted molar refractivity (Wildman–Crippen MR) is 81.8 cm³/mol. The molecule has 4 N–H and O–H groups in total. The van der Waals surface area contributed by atoms with Crippen molar-refractivity contribution in [3.8, 4) is 0 Å². The number of rotatable bonds is 11. The number of nitrogens with two attached hydrogens (primary N) is 1. The Morgan fingerprint density at radius 1 is 1.15 bits per heavy atom. The van der Waals surface area contributed by atoms with Crippen LogP contribution in [0.15, 0.2) is 0 Å². The Kier molecular flexibility index (Phi) is 9.00. The average molecular weight is 307 g/mol. The monoisotopic (exact) mass is 307 g/mol. The number of hydrogen-bond donors (Lipinski definition) is 3. The Morgan fingerprint density at radius 2 is 1.70 bits per heavy atom. The molecule has 0 fully saturated rings. The summed E-state index contributed by atoms with van der Waals surface area (Å²) in [5.74, 6) is -0.0111. The van der Waals surface area contributed by atoms with E-state index in [9.17, 15) is 13.2 Å². The van der Waals surface area contributed by atoms with E-state index in [0.29, 0.717) is 26.1 Å². The van der Waals surface area contributed by atoms with Gasteiger partial charge in [-0.05, 0) is 19.3 Å². The molecule has 1 amide bonds. The fourth-order valence-corrected chi connectivity index (χ4v) is 2.86. The van der Waals surface area contributed by atoms with Gasteiger partial charge in [0.15, 0.2) is 0 Å². The van der Waals surface area contributed by atoms with Crippen molar-refractivity contribution in [2.24, 2.45) is 11.1 Å². The second kappa shape index (κ2) is 9.31. The summed E-state index contributed by atoms with van der Waals surface area (Å²) in [5.41, 5.74) is 5.34. The first-order chi connectivity index (χ1) is 9.31. The minimum absolute atomic E-state index is 0.0111. The van der Waals surface area contributed by atoms with Gasteiger partial charge < -0.3 is 11.1 Å². The number of amides is 1. The summed E-state index contributed by atoms with van der Waals surface area (Å²) in [6, 6.07) is 0. The summed E-state index contributed by atoms with van der Waals surface area (Å²) < 4.78 is 24.2. The Labute approximate surface area is 122 Å². The standard InChI is InChI=1S/C13H29N3O3S/c1-4-7-13(11-14,8-5-2)12(17)15-9-6-10-16-20(3,18)19/h16H,4-11,14H2,1-3H3,(H,15,17). The highest BCUT2D eigenvalue weighted by molar-refractivity contribution is 7.88. The molecule has 0 radical (unpaired) electrons. The molecule has 0 heterocycles. The Morgan fingerprint density at radius 3 is 2.10 bits per heavy atom. The highest BCUT2D eigenvalue weighted by Crippen LogP contribution is 2.28. The van der Waals surface area contributed by atoms with E-state index in [0.717, 1.165) is 31.9 Å². The molecule has 120 valence electrons. The zero-order valence-electron chi connectivity index (χ0n) is 12.9. The highest BCUT2D eigenvalue weighted by atomic mass is 32.2. The van der Waals surface area contributed by atoms with Gasteiger partial charge in [0.1, 0.15) is 0 Å². The summed E-state index contributed by atoms with van der Waals surface area (Å²) in [6.07, 6.45) is 5.08. The zero-order chi connectivity index (χ0) is 15.6. The largest absolute Gasteiger partial charge is 0.356 e. The van der Waals surface area contributed by atoms with Gasteiger partial charge in [-0.1, -0.05) is 26.7 Å². The van der Waals surface area contributed by atoms with Crippen LogP contribution in [0.4, 0.5) is 0 Å². The molecule has 0 aliphatic carbocycles. The Hall–Kier alpha value is -0.660. The van der Waals surface area contributed by atoms with Gasteiger partial charge in [-0.3, -0.25) is 4.79 Å². The molecule has 0 aliphatic heterocycles. The van der Waals surface area contributed by atoms with E-state index in [2.05, 4.69) is 10.0 Å². The van der Waals surface area contributed by atoms with Crippen molar-refractivity contribution in [3.63, 3.8) is 0 Å². The molecule has 20 heavy (non-hydrogen) atoms. The van der Waals surface area contributed by atoms with Gasteiger partial charge in [0.05, 0.1) is 11.7 Å². The first kappa shape index (κ1) is 19.3. The van der Waals surface area contributed by atoms with E-state index in [1.54, 1.807) is 0 Å². The van der Waals surface area contributed by atoms with Crippen molar-refractivity contribution < 1.29 is 13.2 Å². The molecular formula is C13H29N3O3S. The smallest absolute Gasteiger partial charge is 0.227 e. The SMILES string of the molecule is CCCC(CN)(CCC)C(=O)NCCCNS(C)(=O)=O. The number of carbonyl (C=O) groups excluding carboxylic acids is 1. The first-order valence-electron chi connectivity index (χ1n) is 7.24. The summed E-state index contributed by atoms with van der Waals surface area (Å²) >= 11 is 0. The summed E-state index contributed by atoms with van der Waals surface area (Å²) in [4.78, 5) is 12.3. The highest BCUT2D eigenvalue weighted by Gasteiger charge is 2.34. The van der Waals surface area contributed by atoms with Gasteiger partial charge in [-0.2, -0.15) is 0 Å². The molecule has 6 nitrogen and oxygen atoms in total. The van der Waals surface area contributed by atoms with Gasteiger partial charge in [0.2, 0.25) is 15.9 Å². The van der Waals surface area contributed by atoms with Gasteiger partial charge in [-0.25, -0.2) is 13.1 Å². The van der Waals surface area contributed by atoms with Gasteiger partial charge >= 0.3 is 0 Å². The molecule has 0 spiro atoms. The Balaban J connectivity index is 4.26. The Bertz CT molecular complexity index is 376. The molecule has 0 atom stereocenters. The van der Waals surface area contributed by atoms with Crippen LogP contribution in [0.3, 0.4) is 0 Å². The summed E-state index contributed by atoms with van der Waals surface area (Å²) in [6.45, 7) is 5.22. The van der Waals surface area contributed by atoms with Gasteiger partial charge in [0, 0.05) is 19.6 Å². The van der Waals surface area contributed by atoms with Crippen LogP contribution in [0, 0.1) is 5.41 Å². The summed E-state index contributed by atoms with van der Waals surface area (Å²) in [5, 5.41) is 2.88. The lowest BCUT2D eigenvalue weighted by Crippen LogP contribution is -2.46. The van der Waals surface area contributed by atoms with Crippen molar-refractivity contribution in [1.29, 1.82) is 0 Å². The third-order valence-corrected chi connectivity index (χ3v) is 4.06. The first-order valence-corrected chi connectivity index (χ1v) is 9.13. The van der Waals surface area contributed by atoms with E-state index >= 15 is 0 Å². The molecule has 0 aromatic rings. The molecule has 0 aromatic carbocycles. The molecule has 0 saturated carbocycles. The van der Waals surface area contributed by atoms with Gasteiger partial charge in [-0.15, -0.1) is 0 Å². The average Bonchev–Trinajstić information content (AvgIpc) is 2.36. The van der Waals surface area contributed by atoms with Crippen LogP contribution in [0.25, 0.3) is 0 Å².